The molecule has 126 valence electrons. The Morgan fingerprint density at radius 2 is 1.96 bits per heavy atom. The molecule has 0 saturated heterocycles. The minimum Gasteiger partial charge on any atom is -0.338 e. The molecule has 1 heterocycles. The number of nitrogens with zero attached hydrogens (tertiary/aromatic N) is 1. The van der Waals surface area contributed by atoms with Crippen LogP contribution in [-0.4, -0.2) is 23.9 Å². The summed E-state index contributed by atoms with van der Waals surface area (Å²) in [6.07, 6.45) is 0.802. The van der Waals surface area contributed by atoms with E-state index in [9.17, 15) is 4.79 Å². The van der Waals surface area contributed by atoms with Crippen LogP contribution >= 0.6 is 35.3 Å². The van der Waals surface area contributed by atoms with Crippen LogP contribution in [0.3, 0.4) is 0 Å². The van der Waals surface area contributed by atoms with Crippen LogP contribution in [0.4, 0.5) is 0 Å². The van der Waals surface area contributed by atoms with Gasteiger partial charge in [-0.15, -0.1) is 23.7 Å². The van der Waals surface area contributed by atoms with Crippen molar-refractivity contribution in [2.75, 3.05) is 13.1 Å². The summed E-state index contributed by atoms with van der Waals surface area (Å²) in [6.45, 7) is 3.81. The van der Waals surface area contributed by atoms with E-state index < -0.39 is 0 Å². The highest BCUT2D eigenvalue weighted by Gasteiger charge is 2.23. The summed E-state index contributed by atoms with van der Waals surface area (Å²) in [5.41, 5.74) is 6.74. The molecule has 0 saturated carbocycles. The predicted octanol–water partition coefficient (Wildman–Crippen LogP) is 4.30. The second-order valence-corrected chi connectivity index (χ2v) is 7.00. The van der Waals surface area contributed by atoms with Gasteiger partial charge in [0.2, 0.25) is 5.91 Å². The minimum atomic E-state index is -0.181. The van der Waals surface area contributed by atoms with Gasteiger partial charge in [-0.3, -0.25) is 4.79 Å². The van der Waals surface area contributed by atoms with Gasteiger partial charge < -0.3 is 10.6 Å². The van der Waals surface area contributed by atoms with Gasteiger partial charge in [0, 0.05) is 18.0 Å². The highest BCUT2D eigenvalue weighted by atomic mass is 35.5. The topological polar surface area (TPSA) is 46.3 Å². The van der Waals surface area contributed by atoms with Crippen molar-refractivity contribution in [3.05, 3.63) is 57.2 Å². The Hall–Kier alpha value is -1.07. The van der Waals surface area contributed by atoms with Crippen molar-refractivity contribution in [2.24, 2.45) is 5.73 Å². The van der Waals surface area contributed by atoms with Crippen LogP contribution in [0.2, 0.25) is 4.34 Å². The number of carbonyl (C=O) groups excluding carboxylic acids is 1. The zero-order chi connectivity index (χ0) is 15.9. The lowest BCUT2D eigenvalue weighted by atomic mass is 10.1. The molecule has 2 aromatic rings. The molecular weight excluding hydrogens is 351 g/mol. The van der Waals surface area contributed by atoms with E-state index in [2.05, 4.69) is 0 Å². The van der Waals surface area contributed by atoms with Crippen LogP contribution in [-0.2, 0) is 11.3 Å². The fraction of sp³-hybridized carbons (Fsp3) is 0.353. The summed E-state index contributed by atoms with van der Waals surface area (Å²) in [6, 6.07) is 13.8. The minimum absolute atomic E-state index is 0. The lowest BCUT2D eigenvalue weighted by Crippen LogP contribution is -2.35. The molecule has 1 atom stereocenters. The number of nitrogens with two attached hydrogens (primary N) is 1. The van der Waals surface area contributed by atoms with Crippen LogP contribution in [0.5, 0.6) is 0 Å². The first-order valence-corrected chi connectivity index (χ1v) is 8.59. The molecule has 0 bridgehead atoms. The fourth-order valence-corrected chi connectivity index (χ4v) is 3.41. The number of benzene rings is 1. The average molecular weight is 373 g/mol. The van der Waals surface area contributed by atoms with E-state index in [1.54, 1.807) is 0 Å². The normalized spacial score (nSPS) is 11.6. The van der Waals surface area contributed by atoms with Crippen molar-refractivity contribution in [3.8, 4) is 0 Å². The SMILES string of the molecule is CC(C(=O)N(CCCN)Cc1ccccc1)c1ccc(Cl)s1.Cl. The molecule has 0 aliphatic rings. The lowest BCUT2D eigenvalue weighted by Gasteiger charge is -2.25. The monoisotopic (exact) mass is 372 g/mol. The molecule has 6 heteroatoms. The maximum Gasteiger partial charge on any atom is 0.230 e. The zero-order valence-corrected chi connectivity index (χ0v) is 15.5. The largest absolute Gasteiger partial charge is 0.338 e. The molecule has 1 amide bonds. The fourth-order valence-electron chi connectivity index (χ4n) is 2.31. The highest BCUT2D eigenvalue weighted by molar-refractivity contribution is 7.16. The van der Waals surface area contributed by atoms with Crippen LogP contribution in [0.1, 0.15) is 29.7 Å². The molecular formula is C17H22Cl2N2OS. The van der Waals surface area contributed by atoms with E-state index in [1.807, 2.05) is 54.3 Å². The van der Waals surface area contributed by atoms with E-state index >= 15 is 0 Å². The number of amides is 1. The van der Waals surface area contributed by atoms with Gasteiger partial charge in [-0.1, -0.05) is 41.9 Å². The van der Waals surface area contributed by atoms with Crippen LogP contribution < -0.4 is 5.73 Å². The third-order valence-corrected chi connectivity index (χ3v) is 4.97. The maximum atomic E-state index is 12.8. The highest BCUT2D eigenvalue weighted by Crippen LogP contribution is 2.29. The number of halogens is 2. The van der Waals surface area contributed by atoms with Gasteiger partial charge >= 0.3 is 0 Å². The van der Waals surface area contributed by atoms with Gasteiger partial charge in [0.1, 0.15) is 0 Å². The van der Waals surface area contributed by atoms with E-state index in [4.69, 9.17) is 17.3 Å². The zero-order valence-electron chi connectivity index (χ0n) is 13.1. The molecule has 0 spiro atoms. The standard InChI is InChI=1S/C17H21ClN2OS.ClH/c1-13(15-8-9-16(18)22-15)17(21)20(11-5-10-19)12-14-6-3-2-4-7-14;/h2-4,6-9,13H,5,10-12,19H2,1H3;1H. The molecule has 1 unspecified atom stereocenters. The van der Waals surface area contributed by atoms with Crippen molar-refractivity contribution in [2.45, 2.75) is 25.8 Å². The van der Waals surface area contributed by atoms with E-state index in [-0.39, 0.29) is 24.2 Å². The maximum absolute atomic E-state index is 12.8. The molecule has 23 heavy (non-hydrogen) atoms. The summed E-state index contributed by atoms with van der Waals surface area (Å²) in [7, 11) is 0. The quantitative estimate of drug-likeness (QED) is 0.786. The van der Waals surface area contributed by atoms with Gasteiger partial charge in [0.15, 0.2) is 0 Å². The van der Waals surface area contributed by atoms with Crippen LogP contribution in [0.25, 0.3) is 0 Å². The first-order valence-electron chi connectivity index (χ1n) is 7.40. The van der Waals surface area contributed by atoms with Gasteiger partial charge in [-0.05, 0) is 37.6 Å². The average Bonchev–Trinajstić information content (AvgIpc) is 2.97. The first kappa shape index (κ1) is 20.0. The van der Waals surface area contributed by atoms with E-state index in [1.165, 1.54) is 11.3 Å². The Morgan fingerprint density at radius 1 is 1.26 bits per heavy atom. The molecule has 0 aliphatic heterocycles. The van der Waals surface area contributed by atoms with Crippen LogP contribution in [0, 0.1) is 0 Å². The number of thiophene rings is 1. The summed E-state index contributed by atoms with van der Waals surface area (Å²) >= 11 is 7.44. The van der Waals surface area contributed by atoms with Gasteiger partial charge in [-0.25, -0.2) is 0 Å². The molecule has 1 aromatic heterocycles. The lowest BCUT2D eigenvalue weighted by molar-refractivity contribution is -0.133. The number of hydrogen-bond acceptors (Lipinski definition) is 3. The third kappa shape index (κ3) is 5.81. The predicted molar refractivity (Wildman–Crippen MR) is 101 cm³/mol. The summed E-state index contributed by atoms with van der Waals surface area (Å²) in [5, 5.41) is 0. The third-order valence-electron chi connectivity index (χ3n) is 3.55. The molecule has 0 radical (unpaired) electrons. The number of rotatable bonds is 7. The molecule has 0 aliphatic carbocycles. The Balaban J connectivity index is 0.00000264. The molecule has 3 nitrogen and oxygen atoms in total. The Bertz CT molecular complexity index is 604. The van der Waals surface area contributed by atoms with Gasteiger partial charge in [-0.2, -0.15) is 0 Å². The summed E-state index contributed by atoms with van der Waals surface area (Å²) in [5.74, 6) is -0.0604. The Kier molecular flexibility index (Phi) is 8.63. The van der Waals surface area contributed by atoms with Crippen molar-refractivity contribution in [3.63, 3.8) is 0 Å². The molecule has 2 N–H and O–H groups in total. The second-order valence-electron chi connectivity index (χ2n) is 5.25. The van der Waals surface area contributed by atoms with Crippen molar-refractivity contribution in [1.29, 1.82) is 0 Å². The van der Waals surface area contributed by atoms with Crippen molar-refractivity contribution < 1.29 is 4.79 Å². The second kappa shape index (κ2) is 9.93. The molecule has 1 aromatic carbocycles. The smallest absolute Gasteiger partial charge is 0.230 e. The number of hydrogen-bond donors (Lipinski definition) is 1. The summed E-state index contributed by atoms with van der Waals surface area (Å²) in [4.78, 5) is 15.7. The van der Waals surface area contributed by atoms with Crippen molar-refractivity contribution >= 4 is 41.3 Å². The first-order chi connectivity index (χ1) is 10.6. The Morgan fingerprint density at radius 3 is 2.52 bits per heavy atom. The van der Waals surface area contributed by atoms with Crippen molar-refractivity contribution in [1.82, 2.24) is 4.90 Å². The summed E-state index contributed by atoms with van der Waals surface area (Å²) < 4.78 is 0.714. The number of carbonyl (C=O) groups is 1. The van der Waals surface area contributed by atoms with Gasteiger partial charge in [0.25, 0.3) is 0 Å². The van der Waals surface area contributed by atoms with Crippen LogP contribution in [0.15, 0.2) is 42.5 Å². The molecule has 2 rings (SSSR count). The van der Waals surface area contributed by atoms with E-state index in [0.717, 1.165) is 16.9 Å². The molecule has 0 fully saturated rings. The Labute approximate surface area is 152 Å². The van der Waals surface area contributed by atoms with Gasteiger partial charge in [0.05, 0.1) is 10.3 Å². The van der Waals surface area contributed by atoms with E-state index in [0.29, 0.717) is 24.0 Å².